The van der Waals surface area contributed by atoms with E-state index in [-0.39, 0.29) is 18.2 Å². The third kappa shape index (κ3) is 3.51. The number of carbonyl (C=O) groups is 1. The third-order valence-electron chi connectivity index (χ3n) is 4.63. The monoisotopic (exact) mass is 347 g/mol. The molecule has 1 saturated carbocycles. The number of hydrogen-bond acceptors (Lipinski definition) is 4. The number of nitrogens with one attached hydrogen (secondary N) is 2. The molecule has 2 N–H and O–H groups in total. The summed E-state index contributed by atoms with van der Waals surface area (Å²) in [7, 11) is 0. The van der Waals surface area contributed by atoms with Gasteiger partial charge in [-0.05, 0) is 30.2 Å². The zero-order valence-corrected chi connectivity index (χ0v) is 14.4. The minimum absolute atomic E-state index is 0.0103. The van der Waals surface area contributed by atoms with Gasteiger partial charge in [-0.2, -0.15) is 0 Å². The van der Waals surface area contributed by atoms with Gasteiger partial charge in [0.25, 0.3) is 11.5 Å². The van der Waals surface area contributed by atoms with Crippen LogP contribution in [-0.4, -0.2) is 21.5 Å². The van der Waals surface area contributed by atoms with Crippen molar-refractivity contribution >= 4 is 17.2 Å². The highest BCUT2D eigenvalue weighted by Gasteiger charge is 2.24. The molecular formula is C17H21N3O3S. The highest BCUT2D eigenvalue weighted by molar-refractivity contribution is 7.09. The first-order valence-electron chi connectivity index (χ1n) is 8.22. The Morgan fingerprint density at radius 1 is 1.38 bits per heavy atom. The van der Waals surface area contributed by atoms with E-state index in [0.717, 1.165) is 28.7 Å². The third-order valence-corrected chi connectivity index (χ3v) is 5.49. The van der Waals surface area contributed by atoms with Gasteiger partial charge in [0.1, 0.15) is 5.56 Å². The number of thiophene rings is 1. The van der Waals surface area contributed by atoms with E-state index in [2.05, 4.69) is 17.2 Å². The zero-order chi connectivity index (χ0) is 17.1. The minimum atomic E-state index is -0.548. The summed E-state index contributed by atoms with van der Waals surface area (Å²) in [5.41, 5.74) is -1.06. The lowest BCUT2D eigenvalue weighted by molar-refractivity contribution is 0.0907. The molecular weight excluding hydrogens is 326 g/mol. The fraction of sp³-hybridized carbons (Fsp3) is 0.471. The molecule has 1 amide bonds. The quantitative estimate of drug-likeness (QED) is 0.887. The summed E-state index contributed by atoms with van der Waals surface area (Å²) in [6.45, 7) is 2.29. The number of rotatable bonds is 4. The number of aromatic amines is 1. The maximum atomic E-state index is 12.6. The van der Waals surface area contributed by atoms with Gasteiger partial charge in [0, 0.05) is 17.1 Å². The van der Waals surface area contributed by atoms with Crippen LogP contribution in [0.25, 0.3) is 0 Å². The molecule has 3 rings (SSSR count). The average molecular weight is 347 g/mol. The lowest BCUT2D eigenvalue weighted by Crippen LogP contribution is -2.45. The summed E-state index contributed by atoms with van der Waals surface area (Å²) >= 11 is 1.47. The van der Waals surface area contributed by atoms with Crippen molar-refractivity contribution in [1.82, 2.24) is 14.9 Å². The zero-order valence-electron chi connectivity index (χ0n) is 13.6. The minimum Gasteiger partial charge on any atom is -0.349 e. The van der Waals surface area contributed by atoms with Crippen molar-refractivity contribution in [3.8, 4) is 0 Å². The maximum Gasteiger partial charge on any atom is 0.328 e. The summed E-state index contributed by atoms with van der Waals surface area (Å²) in [5.74, 6) is -0.00580. The first-order chi connectivity index (χ1) is 11.6. The van der Waals surface area contributed by atoms with Gasteiger partial charge >= 0.3 is 5.69 Å². The van der Waals surface area contributed by atoms with Gasteiger partial charge in [-0.3, -0.25) is 14.2 Å². The Kier molecular flexibility index (Phi) is 4.99. The number of hydrogen-bond donors (Lipinski definition) is 2. The molecule has 2 heterocycles. The molecule has 2 unspecified atom stereocenters. The first-order valence-corrected chi connectivity index (χ1v) is 9.10. The molecule has 0 aromatic carbocycles. The fourth-order valence-corrected chi connectivity index (χ4v) is 3.85. The molecule has 24 heavy (non-hydrogen) atoms. The lowest BCUT2D eigenvalue weighted by atomic mass is 9.86. The van der Waals surface area contributed by atoms with Crippen LogP contribution in [0.1, 0.15) is 47.8 Å². The van der Waals surface area contributed by atoms with Gasteiger partial charge in [-0.15, -0.1) is 11.3 Å². The molecule has 2 aromatic heterocycles. The van der Waals surface area contributed by atoms with Crippen LogP contribution in [0, 0.1) is 5.92 Å². The SMILES string of the molecule is CC1CCCCC1NC(=O)c1c[nH]c(=O)n(Cc2cccs2)c1=O. The van der Waals surface area contributed by atoms with Crippen molar-refractivity contribution in [2.75, 3.05) is 0 Å². The highest BCUT2D eigenvalue weighted by Crippen LogP contribution is 2.23. The van der Waals surface area contributed by atoms with Gasteiger partial charge in [-0.1, -0.05) is 25.8 Å². The van der Waals surface area contributed by atoms with Gasteiger partial charge in [0.15, 0.2) is 0 Å². The Bertz CT molecular complexity index is 822. The predicted octanol–water partition coefficient (Wildman–Crippen LogP) is 1.95. The lowest BCUT2D eigenvalue weighted by Gasteiger charge is -2.29. The molecule has 0 saturated heterocycles. The molecule has 2 aromatic rings. The number of aromatic nitrogens is 2. The second-order valence-corrected chi connectivity index (χ2v) is 7.35. The number of H-pyrrole nitrogens is 1. The van der Waals surface area contributed by atoms with Crippen molar-refractivity contribution < 1.29 is 4.79 Å². The van der Waals surface area contributed by atoms with Gasteiger partial charge in [-0.25, -0.2) is 4.79 Å². The summed E-state index contributed by atoms with van der Waals surface area (Å²) in [4.78, 5) is 40.4. The van der Waals surface area contributed by atoms with Crippen molar-refractivity contribution in [3.63, 3.8) is 0 Å². The van der Waals surface area contributed by atoms with Gasteiger partial charge < -0.3 is 10.3 Å². The summed E-state index contributed by atoms with van der Waals surface area (Å²) in [5, 5.41) is 4.84. The van der Waals surface area contributed by atoms with Crippen LogP contribution in [0.15, 0.2) is 33.3 Å². The molecule has 0 bridgehead atoms. The molecule has 0 radical (unpaired) electrons. The van der Waals surface area contributed by atoms with Crippen LogP contribution < -0.4 is 16.6 Å². The average Bonchev–Trinajstić information content (AvgIpc) is 3.06. The molecule has 7 heteroatoms. The second kappa shape index (κ2) is 7.17. The maximum absolute atomic E-state index is 12.6. The van der Waals surface area contributed by atoms with E-state index in [4.69, 9.17) is 0 Å². The summed E-state index contributed by atoms with van der Waals surface area (Å²) < 4.78 is 1.07. The van der Waals surface area contributed by atoms with Crippen molar-refractivity contribution in [2.45, 2.75) is 45.2 Å². The van der Waals surface area contributed by atoms with Gasteiger partial charge in [0.2, 0.25) is 0 Å². The smallest absolute Gasteiger partial charge is 0.328 e. The van der Waals surface area contributed by atoms with E-state index in [0.29, 0.717) is 5.92 Å². The second-order valence-electron chi connectivity index (χ2n) is 6.32. The summed E-state index contributed by atoms with van der Waals surface area (Å²) in [6.07, 6.45) is 5.50. The molecule has 1 aliphatic rings. The normalized spacial score (nSPS) is 20.7. The van der Waals surface area contributed by atoms with E-state index in [1.54, 1.807) is 0 Å². The van der Waals surface area contributed by atoms with E-state index < -0.39 is 17.2 Å². The standard InChI is InChI=1S/C17H21N3O3S/c1-11-5-2-3-7-14(11)19-15(21)13-9-18-17(23)20(16(13)22)10-12-6-4-8-24-12/h4,6,8-9,11,14H,2-3,5,7,10H2,1H3,(H,18,23)(H,19,21). The molecule has 128 valence electrons. The predicted molar refractivity (Wildman–Crippen MR) is 93.6 cm³/mol. The van der Waals surface area contributed by atoms with Crippen LogP contribution in [0.5, 0.6) is 0 Å². The van der Waals surface area contributed by atoms with Crippen molar-refractivity contribution in [1.29, 1.82) is 0 Å². The van der Waals surface area contributed by atoms with Crippen LogP contribution in [0.2, 0.25) is 0 Å². The van der Waals surface area contributed by atoms with Crippen LogP contribution in [0.3, 0.4) is 0 Å². The molecule has 1 fully saturated rings. The van der Waals surface area contributed by atoms with Crippen LogP contribution in [-0.2, 0) is 6.54 Å². The molecule has 6 nitrogen and oxygen atoms in total. The number of amides is 1. The highest BCUT2D eigenvalue weighted by atomic mass is 32.1. The van der Waals surface area contributed by atoms with Crippen molar-refractivity contribution in [3.05, 3.63) is 55.0 Å². The van der Waals surface area contributed by atoms with E-state index >= 15 is 0 Å². The molecule has 0 aliphatic heterocycles. The van der Waals surface area contributed by atoms with E-state index in [1.165, 1.54) is 24.0 Å². The molecule has 0 spiro atoms. The Hall–Kier alpha value is -2.15. The fourth-order valence-electron chi connectivity index (χ4n) is 3.15. The molecule has 2 atom stereocenters. The number of nitrogens with zero attached hydrogens (tertiary/aromatic N) is 1. The Morgan fingerprint density at radius 3 is 2.88 bits per heavy atom. The summed E-state index contributed by atoms with van der Waals surface area (Å²) in [6, 6.07) is 3.80. The largest absolute Gasteiger partial charge is 0.349 e. The topological polar surface area (TPSA) is 84.0 Å². The Labute approximate surface area is 143 Å². The van der Waals surface area contributed by atoms with Crippen LogP contribution in [0.4, 0.5) is 0 Å². The van der Waals surface area contributed by atoms with Gasteiger partial charge in [0.05, 0.1) is 6.54 Å². The Morgan fingerprint density at radius 2 is 2.17 bits per heavy atom. The first kappa shape index (κ1) is 16.7. The molecule has 1 aliphatic carbocycles. The van der Waals surface area contributed by atoms with E-state index in [9.17, 15) is 14.4 Å². The van der Waals surface area contributed by atoms with Crippen LogP contribution >= 0.6 is 11.3 Å². The Balaban J connectivity index is 1.84. The van der Waals surface area contributed by atoms with E-state index in [1.807, 2.05) is 17.5 Å². The van der Waals surface area contributed by atoms with Crippen molar-refractivity contribution in [2.24, 2.45) is 5.92 Å². The number of carbonyl (C=O) groups excluding carboxylic acids is 1.